The number of carbonyl (C=O) groups is 3. The molecule has 0 aromatic carbocycles. The zero-order chi connectivity index (χ0) is 59.9. The van der Waals surface area contributed by atoms with Crippen LogP contribution in [0.2, 0.25) is 0 Å². The average Bonchev–Trinajstić information content (AvgIpc) is 3.49. The van der Waals surface area contributed by atoms with Gasteiger partial charge in [0.1, 0.15) is 13.2 Å². The van der Waals surface area contributed by atoms with Gasteiger partial charge in [-0.25, -0.2) is 0 Å². The van der Waals surface area contributed by atoms with E-state index < -0.39 is 6.10 Å². The number of hydrogen-bond acceptors (Lipinski definition) is 6. The normalized spacial score (nSPS) is 13.0. The molecular weight excluding hydrogens is 1020 g/mol. The van der Waals surface area contributed by atoms with Crippen molar-refractivity contribution in [2.45, 2.75) is 322 Å². The second kappa shape index (κ2) is 70.0. The van der Waals surface area contributed by atoms with Crippen LogP contribution < -0.4 is 0 Å². The fourth-order valence-electron chi connectivity index (χ4n) is 9.43. The van der Waals surface area contributed by atoms with Crippen molar-refractivity contribution in [3.8, 4) is 0 Å². The van der Waals surface area contributed by atoms with Crippen LogP contribution in [0.1, 0.15) is 316 Å². The summed E-state index contributed by atoms with van der Waals surface area (Å²) in [5, 5.41) is 0. The molecule has 0 aromatic heterocycles. The van der Waals surface area contributed by atoms with Crippen LogP contribution >= 0.6 is 0 Å². The molecule has 6 nitrogen and oxygen atoms in total. The first-order valence-corrected chi connectivity index (χ1v) is 34.7. The lowest BCUT2D eigenvalue weighted by molar-refractivity contribution is -0.167. The molecule has 472 valence electrons. The quantitative estimate of drug-likeness (QED) is 0.0261. The van der Waals surface area contributed by atoms with Crippen LogP contribution in [0.5, 0.6) is 0 Å². The predicted octanol–water partition coefficient (Wildman–Crippen LogP) is 24.1. The maximum absolute atomic E-state index is 12.9. The van der Waals surface area contributed by atoms with Crippen LogP contribution in [0.25, 0.3) is 0 Å². The molecule has 83 heavy (non-hydrogen) atoms. The zero-order valence-electron chi connectivity index (χ0n) is 54.2. The molecule has 0 aliphatic heterocycles. The highest BCUT2D eigenvalue weighted by atomic mass is 16.6. The van der Waals surface area contributed by atoms with Crippen molar-refractivity contribution in [1.82, 2.24) is 0 Å². The maximum Gasteiger partial charge on any atom is 0.306 e. The highest BCUT2D eigenvalue weighted by Gasteiger charge is 2.19. The molecule has 0 radical (unpaired) electrons. The van der Waals surface area contributed by atoms with Gasteiger partial charge in [-0.15, -0.1) is 0 Å². The first-order chi connectivity index (χ1) is 41.0. The Labute approximate surface area is 513 Å². The van der Waals surface area contributed by atoms with Gasteiger partial charge in [0.15, 0.2) is 6.10 Å². The number of carbonyl (C=O) groups excluding carboxylic acids is 3. The molecule has 0 saturated carbocycles. The Balaban J connectivity index is 4.38. The van der Waals surface area contributed by atoms with Crippen molar-refractivity contribution in [1.29, 1.82) is 0 Å². The molecule has 0 aromatic rings. The fraction of sp³-hybridized carbons (Fsp3) is 0.675. The Kier molecular flexibility index (Phi) is 66.3. The van der Waals surface area contributed by atoms with E-state index in [-0.39, 0.29) is 31.1 Å². The third-order valence-electron chi connectivity index (χ3n) is 14.6. The Morgan fingerprint density at radius 1 is 0.253 bits per heavy atom. The lowest BCUT2D eigenvalue weighted by Crippen LogP contribution is -2.30. The van der Waals surface area contributed by atoms with Gasteiger partial charge in [-0.2, -0.15) is 0 Å². The monoisotopic (exact) mass is 1150 g/mol. The smallest absolute Gasteiger partial charge is 0.306 e. The standard InChI is InChI=1S/C77H128O6/c1-4-7-10-13-16-19-22-25-27-29-31-33-35-36-37-38-39-40-42-43-45-47-49-52-55-58-61-64-67-70-76(79)82-73-74(72-81-75(78)69-66-63-60-57-54-51-24-21-18-15-12-9-6-3)83-77(80)71-68-65-62-59-56-53-50-48-46-44-41-34-32-30-28-26-23-20-17-14-11-8-5-2/h7,10,12,15-16,19,21,24-25,27,30-33,36-37,39-40,43,45,49,52,74H,4-6,8-9,11,13-14,17-18,20,22-23,26,28-29,34-35,38,41-42,44,46-48,50-51,53-73H2,1-3H3/b10-7-,15-12-,19-16-,24-21-,27-25-,32-30-,33-31-,37-36-,40-39-,45-43-,52-49-. The third kappa shape index (κ3) is 68.2. The molecule has 0 bridgehead atoms. The van der Waals surface area contributed by atoms with Crippen molar-refractivity contribution in [3.63, 3.8) is 0 Å². The predicted molar refractivity (Wildman–Crippen MR) is 362 cm³/mol. The molecule has 0 saturated heterocycles. The number of ether oxygens (including phenoxy) is 3. The summed E-state index contributed by atoms with van der Waals surface area (Å²) in [6, 6.07) is 0. The van der Waals surface area contributed by atoms with Gasteiger partial charge in [-0.3, -0.25) is 14.4 Å². The average molecular weight is 1150 g/mol. The molecular formula is C77H128O6. The van der Waals surface area contributed by atoms with Crippen molar-refractivity contribution in [3.05, 3.63) is 134 Å². The minimum absolute atomic E-state index is 0.0962. The largest absolute Gasteiger partial charge is 0.462 e. The van der Waals surface area contributed by atoms with Crippen LogP contribution in [0.4, 0.5) is 0 Å². The molecule has 1 unspecified atom stereocenters. The van der Waals surface area contributed by atoms with Gasteiger partial charge >= 0.3 is 17.9 Å². The van der Waals surface area contributed by atoms with E-state index in [2.05, 4.69) is 154 Å². The lowest BCUT2D eigenvalue weighted by atomic mass is 10.0. The first-order valence-electron chi connectivity index (χ1n) is 34.7. The third-order valence-corrected chi connectivity index (χ3v) is 14.6. The Hall–Kier alpha value is -4.45. The molecule has 0 aliphatic rings. The number of rotatable bonds is 62. The molecule has 0 heterocycles. The maximum atomic E-state index is 12.9. The van der Waals surface area contributed by atoms with E-state index in [4.69, 9.17) is 14.2 Å². The fourth-order valence-corrected chi connectivity index (χ4v) is 9.43. The summed E-state index contributed by atoms with van der Waals surface area (Å²) >= 11 is 0. The van der Waals surface area contributed by atoms with Gasteiger partial charge in [0.25, 0.3) is 0 Å². The zero-order valence-corrected chi connectivity index (χ0v) is 54.2. The van der Waals surface area contributed by atoms with Gasteiger partial charge in [0.2, 0.25) is 0 Å². The van der Waals surface area contributed by atoms with Crippen molar-refractivity contribution >= 4 is 17.9 Å². The Morgan fingerprint density at radius 3 is 0.795 bits per heavy atom. The van der Waals surface area contributed by atoms with Crippen molar-refractivity contribution in [2.24, 2.45) is 0 Å². The van der Waals surface area contributed by atoms with E-state index in [1.807, 2.05) is 0 Å². The topological polar surface area (TPSA) is 78.9 Å². The van der Waals surface area contributed by atoms with Gasteiger partial charge in [-0.05, 0) is 135 Å². The Bertz CT molecular complexity index is 1750. The van der Waals surface area contributed by atoms with Crippen LogP contribution in [-0.4, -0.2) is 37.2 Å². The van der Waals surface area contributed by atoms with E-state index in [0.29, 0.717) is 19.3 Å². The van der Waals surface area contributed by atoms with E-state index in [1.165, 1.54) is 122 Å². The molecule has 0 N–H and O–H groups in total. The second-order valence-corrected chi connectivity index (χ2v) is 22.7. The van der Waals surface area contributed by atoms with Crippen LogP contribution in [-0.2, 0) is 28.6 Å². The summed E-state index contributed by atoms with van der Waals surface area (Å²) in [5.41, 5.74) is 0. The van der Waals surface area contributed by atoms with Crippen molar-refractivity contribution < 1.29 is 28.6 Å². The minimum atomic E-state index is -0.801. The van der Waals surface area contributed by atoms with E-state index >= 15 is 0 Å². The van der Waals surface area contributed by atoms with Crippen molar-refractivity contribution in [2.75, 3.05) is 13.2 Å². The minimum Gasteiger partial charge on any atom is -0.462 e. The molecule has 0 aliphatic carbocycles. The SMILES string of the molecule is CC/C=C\C/C=C\C/C=C\C/C=C\C/C=C\C/C=C\C/C=C\C/C=C\CCCCCCC(=O)OCC(COC(=O)CCCCCCC/C=C\C/C=C\CCC)OC(=O)CCCCCCCCCCCCC/C=C\CCCCCCCCCC. The van der Waals surface area contributed by atoms with E-state index in [1.54, 1.807) is 0 Å². The van der Waals surface area contributed by atoms with Gasteiger partial charge in [0.05, 0.1) is 0 Å². The molecule has 0 spiro atoms. The molecule has 6 heteroatoms. The summed E-state index contributed by atoms with van der Waals surface area (Å²) < 4.78 is 16.9. The molecule has 0 amide bonds. The molecule has 0 rings (SSSR count). The summed E-state index contributed by atoms with van der Waals surface area (Å²) in [4.78, 5) is 38.4. The number of hydrogen-bond donors (Lipinski definition) is 0. The van der Waals surface area contributed by atoms with Gasteiger partial charge in [-0.1, -0.05) is 296 Å². The summed E-state index contributed by atoms with van der Waals surface area (Å²) in [5.74, 6) is -0.929. The van der Waals surface area contributed by atoms with Gasteiger partial charge < -0.3 is 14.2 Å². The molecule has 1 atom stereocenters. The first kappa shape index (κ1) is 78.5. The van der Waals surface area contributed by atoms with Crippen LogP contribution in [0.15, 0.2) is 134 Å². The summed E-state index contributed by atoms with van der Waals surface area (Å²) in [6.45, 7) is 6.45. The molecule has 0 fully saturated rings. The highest BCUT2D eigenvalue weighted by molar-refractivity contribution is 5.71. The summed E-state index contributed by atoms with van der Waals surface area (Å²) in [7, 11) is 0. The highest BCUT2D eigenvalue weighted by Crippen LogP contribution is 2.16. The lowest BCUT2D eigenvalue weighted by Gasteiger charge is -2.18. The number of unbranched alkanes of at least 4 members (excludes halogenated alkanes) is 29. The number of esters is 3. The van der Waals surface area contributed by atoms with Crippen LogP contribution in [0.3, 0.4) is 0 Å². The second-order valence-electron chi connectivity index (χ2n) is 22.7. The van der Waals surface area contributed by atoms with E-state index in [0.717, 1.165) is 154 Å². The number of allylic oxidation sites excluding steroid dienone is 22. The van der Waals surface area contributed by atoms with Crippen LogP contribution in [0, 0.1) is 0 Å². The van der Waals surface area contributed by atoms with E-state index in [9.17, 15) is 14.4 Å². The summed E-state index contributed by atoms with van der Waals surface area (Å²) in [6.07, 6.45) is 99.0. The Morgan fingerprint density at radius 2 is 0.494 bits per heavy atom. The van der Waals surface area contributed by atoms with Gasteiger partial charge in [0, 0.05) is 19.3 Å².